The van der Waals surface area contributed by atoms with Crippen molar-refractivity contribution in [3.63, 3.8) is 0 Å². The Bertz CT molecular complexity index is 419. The van der Waals surface area contributed by atoms with Crippen molar-refractivity contribution in [1.29, 1.82) is 0 Å². The van der Waals surface area contributed by atoms with Crippen LogP contribution in [-0.4, -0.2) is 29.7 Å². The zero-order chi connectivity index (χ0) is 11.4. The zero-order valence-corrected chi connectivity index (χ0v) is 10.3. The van der Waals surface area contributed by atoms with Gasteiger partial charge >= 0.3 is 0 Å². The average Bonchev–Trinajstić information content (AvgIpc) is 2.70. The summed E-state index contributed by atoms with van der Waals surface area (Å²) in [5.74, 6) is 0. The molecule has 16 heavy (non-hydrogen) atoms. The smallest absolute Gasteiger partial charge is 0.0558 e. The first-order valence-electron chi connectivity index (χ1n) is 5.64. The first-order chi connectivity index (χ1) is 7.83. The van der Waals surface area contributed by atoms with E-state index in [0.717, 1.165) is 19.6 Å². The van der Waals surface area contributed by atoms with Crippen LogP contribution in [0.4, 0.5) is 0 Å². The van der Waals surface area contributed by atoms with Gasteiger partial charge in [0.05, 0.1) is 6.61 Å². The monoisotopic (exact) mass is 235 g/mol. The predicted molar refractivity (Wildman–Crippen MR) is 69.9 cm³/mol. The molecule has 86 valence electrons. The van der Waals surface area contributed by atoms with E-state index in [1.807, 2.05) is 11.3 Å². The van der Waals surface area contributed by atoms with Gasteiger partial charge in [0.1, 0.15) is 0 Å². The fourth-order valence-corrected chi connectivity index (χ4v) is 2.93. The van der Waals surface area contributed by atoms with Crippen LogP contribution in [0.5, 0.6) is 0 Å². The van der Waals surface area contributed by atoms with Crippen molar-refractivity contribution in [1.82, 2.24) is 4.90 Å². The van der Waals surface area contributed by atoms with Gasteiger partial charge in [-0.2, -0.15) is 0 Å². The molecule has 1 aromatic carbocycles. The molecule has 0 aliphatic heterocycles. The molecule has 0 aliphatic rings. The SMILES string of the molecule is CCN(CCO)Cc1cc2ccccc2s1. The Morgan fingerprint density at radius 2 is 2.12 bits per heavy atom. The van der Waals surface area contributed by atoms with Crippen LogP contribution in [0, 0.1) is 0 Å². The lowest BCUT2D eigenvalue weighted by atomic mass is 10.2. The molecule has 0 radical (unpaired) electrons. The summed E-state index contributed by atoms with van der Waals surface area (Å²) in [6, 6.07) is 10.7. The van der Waals surface area contributed by atoms with Crippen molar-refractivity contribution >= 4 is 21.4 Å². The van der Waals surface area contributed by atoms with Crippen LogP contribution in [0.2, 0.25) is 0 Å². The van der Waals surface area contributed by atoms with Crippen LogP contribution in [0.25, 0.3) is 10.1 Å². The summed E-state index contributed by atoms with van der Waals surface area (Å²) in [5, 5.41) is 10.3. The van der Waals surface area contributed by atoms with Crippen molar-refractivity contribution in [3.8, 4) is 0 Å². The molecule has 2 aromatic rings. The molecular formula is C13H17NOS. The Labute approximate surface area is 100 Å². The molecule has 3 heteroatoms. The van der Waals surface area contributed by atoms with Gasteiger partial charge in [-0.15, -0.1) is 11.3 Å². The van der Waals surface area contributed by atoms with Gasteiger partial charge in [0.2, 0.25) is 0 Å². The Morgan fingerprint density at radius 1 is 1.31 bits per heavy atom. The highest BCUT2D eigenvalue weighted by Gasteiger charge is 2.06. The van der Waals surface area contributed by atoms with E-state index in [1.54, 1.807) is 0 Å². The molecule has 0 saturated heterocycles. The largest absolute Gasteiger partial charge is 0.395 e. The maximum absolute atomic E-state index is 8.95. The van der Waals surface area contributed by atoms with Crippen molar-refractivity contribution in [3.05, 3.63) is 35.2 Å². The van der Waals surface area contributed by atoms with Gasteiger partial charge in [-0.1, -0.05) is 25.1 Å². The molecule has 1 aromatic heterocycles. The third kappa shape index (κ3) is 2.61. The zero-order valence-electron chi connectivity index (χ0n) is 9.52. The number of rotatable bonds is 5. The predicted octanol–water partition coefficient (Wildman–Crippen LogP) is 2.72. The summed E-state index contributed by atoms with van der Waals surface area (Å²) in [6.07, 6.45) is 0. The topological polar surface area (TPSA) is 23.5 Å². The molecule has 2 nitrogen and oxygen atoms in total. The molecule has 0 unspecified atom stereocenters. The summed E-state index contributed by atoms with van der Waals surface area (Å²) < 4.78 is 1.34. The van der Waals surface area contributed by atoms with E-state index >= 15 is 0 Å². The second kappa shape index (κ2) is 5.43. The Morgan fingerprint density at radius 3 is 2.81 bits per heavy atom. The van der Waals surface area contributed by atoms with Gasteiger partial charge < -0.3 is 5.11 Å². The quantitative estimate of drug-likeness (QED) is 0.861. The Kier molecular flexibility index (Phi) is 3.93. The second-order valence-corrected chi connectivity index (χ2v) is 5.01. The van der Waals surface area contributed by atoms with E-state index in [9.17, 15) is 0 Å². The molecule has 2 rings (SSSR count). The first-order valence-corrected chi connectivity index (χ1v) is 6.46. The lowest BCUT2D eigenvalue weighted by molar-refractivity contribution is 0.198. The minimum atomic E-state index is 0.235. The van der Waals surface area contributed by atoms with Gasteiger partial charge in [-0.3, -0.25) is 4.90 Å². The van der Waals surface area contributed by atoms with E-state index in [0.29, 0.717) is 0 Å². The third-order valence-corrected chi connectivity index (χ3v) is 3.82. The maximum Gasteiger partial charge on any atom is 0.0558 e. The fraction of sp³-hybridized carbons (Fsp3) is 0.385. The lowest BCUT2D eigenvalue weighted by Crippen LogP contribution is -2.25. The number of thiophene rings is 1. The van der Waals surface area contributed by atoms with Crippen LogP contribution in [0.15, 0.2) is 30.3 Å². The molecule has 1 N–H and O–H groups in total. The molecule has 0 bridgehead atoms. The van der Waals surface area contributed by atoms with E-state index in [4.69, 9.17) is 5.11 Å². The summed E-state index contributed by atoms with van der Waals surface area (Å²) in [7, 11) is 0. The van der Waals surface area contributed by atoms with Crippen LogP contribution >= 0.6 is 11.3 Å². The van der Waals surface area contributed by atoms with E-state index < -0.39 is 0 Å². The number of fused-ring (bicyclic) bond motifs is 1. The minimum absolute atomic E-state index is 0.235. The van der Waals surface area contributed by atoms with Gasteiger partial charge in [-0.25, -0.2) is 0 Å². The highest BCUT2D eigenvalue weighted by atomic mass is 32.1. The van der Waals surface area contributed by atoms with Crippen molar-refractivity contribution in [2.45, 2.75) is 13.5 Å². The molecule has 0 spiro atoms. The van der Waals surface area contributed by atoms with Crippen LogP contribution in [0.3, 0.4) is 0 Å². The molecule has 0 saturated carbocycles. The summed E-state index contributed by atoms with van der Waals surface area (Å²) >= 11 is 1.84. The minimum Gasteiger partial charge on any atom is -0.395 e. The van der Waals surface area contributed by atoms with E-state index in [1.165, 1.54) is 15.0 Å². The number of benzene rings is 1. The molecule has 1 heterocycles. The number of nitrogens with zero attached hydrogens (tertiary/aromatic N) is 1. The summed E-state index contributed by atoms with van der Waals surface area (Å²) in [5.41, 5.74) is 0. The highest BCUT2D eigenvalue weighted by Crippen LogP contribution is 2.26. The number of aliphatic hydroxyl groups excluding tert-OH is 1. The van der Waals surface area contributed by atoms with Crippen molar-refractivity contribution in [2.75, 3.05) is 19.7 Å². The van der Waals surface area contributed by atoms with Crippen LogP contribution in [0.1, 0.15) is 11.8 Å². The van der Waals surface area contributed by atoms with Crippen LogP contribution in [-0.2, 0) is 6.54 Å². The van der Waals surface area contributed by atoms with E-state index in [-0.39, 0.29) is 6.61 Å². The maximum atomic E-state index is 8.95. The number of hydrogen-bond acceptors (Lipinski definition) is 3. The van der Waals surface area contributed by atoms with Gasteiger partial charge in [0.15, 0.2) is 0 Å². The Balaban J connectivity index is 2.14. The number of likely N-dealkylation sites (N-methyl/N-ethyl adjacent to an activating group) is 1. The van der Waals surface area contributed by atoms with Gasteiger partial charge in [-0.05, 0) is 24.1 Å². The first kappa shape index (κ1) is 11.6. The molecular weight excluding hydrogens is 218 g/mol. The van der Waals surface area contributed by atoms with Crippen LogP contribution < -0.4 is 0 Å². The normalized spacial score (nSPS) is 11.4. The number of hydrogen-bond donors (Lipinski definition) is 1. The second-order valence-electron chi connectivity index (χ2n) is 3.84. The Hall–Kier alpha value is -0.900. The molecule has 0 atom stereocenters. The highest BCUT2D eigenvalue weighted by molar-refractivity contribution is 7.19. The van der Waals surface area contributed by atoms with E-state index in [2.05, 4.69) is 42.2 Å². The molecule has 0 aliphatic carbocycles. The van der Waals surface area contributed by atoms with Crippen molar-refractivity contribution < 1.29 is 5.11 Å². The molecule has 0 fully saturated rings. The van der Waals surface area contributed by atoms with Gasteiger partial charge in [0, 0.05) is 22.7 Å². The molecule has 0 amide bonds. The van der Waals surface area contributed by atoms with Crippen molar-refractivity contribution in [2.24, 2.45) is 0 Å². The fourth-order valence-electron chi connectivity index (χ4n) is 1.83. The standard InChI is InChI=1S/C13H17NOS/c1-2-14(7-8-15)10-12-9-11-5-3-4-6-13(11)16-12/h3-6,9,15H,2,7-8,10H2,1H3. The summed E-state index contributed by atoms with van der Waals surface area (Å²) in [6.45, 7) is 5.04. The third-order valence-electron chi connectivity index (χ3n) is 2.72. The lowest BCUT2D eigenvalue weighted by Gasteiger charge is -2.17. The summed E-state index contributed by atoms with van der Waals surface area (Å²) in [4.78, 5) is 3.63. The number of aliphatic hydroxyl groups is 1. The average molecular weight is 235 g/mol. The van der Waals surface area contributed by atoms with Gasteiger partial charge in [0.25, 0.3) is 0 Å².